The third-order valence-electron chi connectivity index (χ3n) is 3.43. The van der Waals surface area contributed by atoms with Gasteiger partial charge < -0.3 is 10.2 Å². The third-order valence-corrected chi connectivity index (χ3v) is 3.67. The number of rotatable bonds is 7. The van der Waals surface area contributed by atoms with Gasteiger partial charge in [-0.1, -0.05) is 18.5 Å². The second-order valence-corrected chi connectivity index (χ2v) is 5.86. The van der Waals surface area contributed by atoms with E-state index in [-0.39, 0.29) is 6.04 Å². The molecule has 21 heavy (non-hydrogen) atoms. The summed E-state index contributed by atoms with van der Waals surface area (Å²) in [6.45, 7) is 2.51. The molecule has 1 saturated carbocycles. The highest BCUT2D eigenvalue weighted by Crippen LogP contribution is 2.36. The Kier molecular flexibility index (Phi) is 5.38. The largest absolute Gasteiger partial charge is 0.405 e. The molecule has 6 heteroatoms. The van der Waals surface area contributed by atoms with E-state index in [0.29, 0.717) is 17.3 Å². The molecule has 0 unspecified atom stereocenters. The summed E-state index contributed by atoms with van der Waals surface area (Å²) in [5.74, 6) is 0. The first-order valence-corrected chi connectivity index (χ1v) is 7.61. The summed E-state index contributed by atoms with van der Waals surface area (Å²) in [6.07, 6.45) is -1.58. The monoisotopic (exact) mass is 320 g/mol. The van der Waals surface area contributed by atoms with Crippen LogP contribution in [0, 0.1) is 0 Å². The first kappa shape index (κ1) is 16.4. The van der Waals surface area contributed by atoms with Crippen molar-refractivity contribution in [2.24, 2.45) is 0 Å². The quantitative estimate of drug-likeness (QED) is 0.750. The van der Waals surface area contributed by atoms with Crippen LogP contribution < -0.4 is 10.2 Å². The lowest BCUT2D eigenvalue weighted by atomic mass is 10.1. The molecule has 0 saturated heterocycles. The molecule has 118 valence electrons. The second-order valence-electron chi connectivity index (χ2n) is 5.42. The zero-order valence-corrected chi connectivity index (χ0v) is 12.8. The van der Waals surface area contributed by atoms with Gasteiger partial charge in [0.05, 0.1) is 0 Å². The summed E-state index contributed by atoms with van der Waals surface area (Å²) in [4.78, 5) is 1.47. The lowest BCUT2D eigenvalue weighted by Gasteiger charge is -2.28. The van der Waals surface area contributed by atoms with E-state index in [2.05, 4.69) is 5.32 Å². The molecule has 0 atom stereocenters. The summed E-state index contributed by atoms with van der Waals surface area (Å²) < 4.78 is 38.4. The SMILES string of the molecule is CCCNCc1cc(Cl)ccc1N(CC(F)(F)F)C1CC1. The van der Waals surface area contributed by atoms with Crippen LogP contribution in [0.2, 0.25) is 5.02 Å². The van der Waals surface area contributed by atoms with Crippen LogP contribution in [-0.2, 0) is 6.54 Å². The van der Waals surface area contributed by atoms with Gasteiger partial charge in [-0.25, -0.2) is 0 Å². The predicted molar refractivity (Wildman–Crippen MR) is 79.9 cm³/mol. The maximum Gasteiger partial charge on any atom is 0.405 e. The van der Waals surface area contributed by atoms with E-state index < -0.39 is 12.7 Å². The summed E-state index contributed by atoms with van der Waals surface area (Å²) in [5.41, 5.74) is 1.47. The molecule has 1 aromatic rings. The fraction of sp³-hybridized carbons (Fsp3) is 0.600. The maximum atomic E-state index is 12.8. The second kappa shape index (κ2) is 6.88. The van der Waals surface area contributed by atoms with E-state index >= 15 is 0 Å². The Balaban J connectivity index is 2.22. The van der Waals surface area contributed by atoms with Gasteiger partial charge in [-0.05, 0) is 49.6 Å². The number of alkyl halides is 3. The van der Waals surface area contributed by atoms with E-state index in [0.717, 1.165) is 31.4 Å². The molecule has 0 aromatic heterocycles. The molecule has 1 fully saturated rings. The van der Waals surface area contributed by atoms with Gasteiger partial charge in [-0.15, -0.1) is 0 Å². The van der Waals surface area contributed by atoms with E-state index in [1.165, 1.54) is 4.90 Å². The smallest absolute Gasteiger partial charge is 0.359 e. The van der Waals surface area contributed by atoms with Crippen LogP contribution in [-0.4, -0.2) is 25.3 Å². The van der Waals surface area contributed by atoms with Crippen molar-refractivity contribution < 1.29 is 13.2 Å². The summed E-state index contributed by atoms with van der Waals surface area (Å²) in [5, 5.41) is 3.78. The maximum absolute atomic E-state index is 12.8. The van der Waals surface area contributed by atoms with Gasteiger partial charge in [0, 0.05) is 23.3 Å². The molecule has 0 amide bonds. The van der Waals surface area contributed by atoms with Gasteiger partial charge in [-0.3, -0.25) is 0 Å². The van der Waals surface area contributed by atoms with E-state index in [1.807, 2.05) is 6.92 Å². The number of nitrogens with zero attached hydrogens (tertiary/aromatic N) is 1. The van der Waals surface area contributed by atoms with E-state index in [1.54, 1.807) is 18.2 Å². The van der Waals surface area contributed by atoms with Crippen molar-refractivity contribution in [3.63, 3.8) is 0 Å². The molecule has 0 radical (unpaired) electrons. The molecule has 0 heterocycles. The van der Waals surface area contributed by atoms with Crippen LogP contribution >= 0.6 is 11.6 Å². The zero-order valence-electron chi connectivity index (χ0n) is 12.0. The van der Waals surface area contributed by atoms with Gasteiger partial charge >= 0.3 is 6.18 Å². The Morgan fingerprint density at radius 1 is 1.33 bits per heavy atom. The molecule has 2 nitrogen and oxygen atoms in total. The van der Waals surface area contributed by atoms with E-state index in [9.17, 15) is 13.2 Å². The van der Waals surface area contributed by atoms with Gasteiger partial charge in [0.2, 0.25) is 0 Å². The first-order valence-electron chi connectivity index (χ1n) is 7.23. The van der Waals surface area contributed by atoms with Crippen LogP contribution in [0.1, 0.15) is 31.7 Å². The highest BCUT2D eigenvalue weighted by atomic mass is 35.5. The minimum absolute atomic E-state index is 0.00211. The number of hydrogen-bond donors (Lipinski definition) is 1. The number of benzene rings is 1. The number of nitrogens with one attached hydrogen (secondary N) is 1. The predicted octanol–water partition coefficient (Wildman–Crippen LogP) is 4.37. The number of halogens is 4. The molecule has 0 aliphatic heterocycles. The lowest BCUT2D eigenvalue weighted by molar-refractivity contribution is -0.120. The van der Waals surface area contributed by atoms with Gasteiger partial charge in [0.25, 0.3) is 0 Å². The van der Waals surface area contributed by atoms with Gasteiger partial charge in [-0.2, -0.15) is 13.2 Å². The Labute approximate surface area is 128 Å². The molecule has 0 spiro atoms. The highest BCUT2D eigenvalue weighted by Gasteiger charge is 2.38. The number of hydrogen-bond acceptors (Lipinski definition) is 2. The molecule has 1 N–H and O–H groups in total. The fourth-order valence-corrected chi connectivity index (χ4v) is 2.56. The van der Waals surface area contributed by atoms with Crippen LogP contribution in [0.3, 0.4) is 0 Å². The van der Waals surface area contributed by atoms with Crippen molar-refractivity contribution in [1.82, 2.24) is 5.32 Å². The van der Waals surface area contributed by atoms with Crippen molar-refractivity contribution in [2.75, 3.05) is 18.0 Å². The molecule has 1 aliphatic carbocycles. The minimum atomic E-state index is -4.20. The Hall–Kier alpha value is -0.940. The summed E-state index contributed by atoms with van der Waals surface area (Å²) in [7, 11) is 0. The Morgan fingerprint density at radius 3 is 2.62 bits per heavy atom. The first-order chi connectivity index (χ1) is 9.90. The summed E-state index contributed by atoms with van der Waals surface area (Å²) in [6, 6.07) is 5.12. The topological polar surface area (TPSA) is 15.3 Å². The third kappa shape index (κ3) is 5.08. The normalized spacial score (nSPS) is 15.3. The van der Waals surface area contributed by atoms with Gasteiger partial charge in [0.15, 0.2) is 0 Å². The van der Waals surface area contributed by atoms with Crippen LogP contribution in [0.15, 0.2) is 18.2 Å². The lowest BCUT2D eigenvalue weighted by Crippen LogP contribution is -2.36. The van der Waals surface area contributed by atoms with Crippen LogP contribution in [0.4, 0.5) is 18.9 Å². The Morgan fingerprint density at radius 2 is 2.05 bits per heavy atom. The average Bonchev–Trinajstić information content (AvgIpc) is 3.20. The standard InChI is InChI=1S/C15H20ClF3N2/c1-2-7-20-9-11-8-12(16)3-6-14(11)21(13-4-5-13)10-15(17,18)19/h3,6,8,13,20H,2,4-5,7,9-10H2,1H3. The van der Waals surface area contributed by atoms with Gasteiger partial charge in [0.1, 0.15) is 6.54 Å². The van der Waals surface area contributed by atoms with Crippen molar-refractivity contribution in [1.29, 1.82) is 0 Å². The molecular weight excluding hydrogens is 301 g/mol. The molecule has 1 aliphatic rings. The average molecular weight is 321 g/mol. The molecular formula is C15H20ClF3N2. The molecule has 2 rings (SSSR count). The van der Waals surface area contributed by atoms with E-state index in [4.69, 9.17) is 11.6 Å². The highest BCUT2D eigenvalue weighted by molar-refractivity contribution is 6.30. The van der Waals surface area contributed by atoms with Crippen LogP contribution in [0.25, 0.3) is 0 Å². The fourth-order valence-electron chi connectivity index (χ4n) is 2.37. The molecule has 1 aromatic carbocycles. The minimum Gasteiger partial charge on any atom is -0.359 e. The van der Waals surface area contributed by atoms with Crippen molar-refractivity contribution in [3.05, 3.63) is 28.8 Å². The van der Waals surface area contributed by atoms with Crippen molar-refractivity contribution in [2.45, 2.75) is 44.9 Å². The van der Waals surface area contributed by atoms with Crippen molar-refractivity contribution in [3.8, 4) is 0 Å². The number of anilines is 1. The van der Waals surface area contributed by atoms with Crippen molar-refractivity contribution >= 4 is 17.3 Å². The Bertz CT molecular complexity index is 472. The summed E-state index contributed by atoms with van der Waals surface area (Å²) >= 11 is 5.99. The zero-order chi connectivity index (χ0) is 15.5. The van der Waals surface area contributed by atoms with Crippen LogP contribution in [0.5, 0.6) is 0 Å². The molecule has 0 bridgehead atoms.